The van der Waals surface area contributed by atoms with Crippen molar-refractivity contribution in [2.45, 2.75) is 32.7 Å². The molecule has 8 nitrogen and oxygen atoms in total. The van der Waals surface area contributed by atoms with Crippen LogP contribution < -0.4 is 15.1 Å². The van der Waals surface area contributed by atoms with Crippen molar-refractivity contribution < 1.29 is 9.57 Å². The van der Waals surface area contributed by atoms with Crippen molar-refractivity contribution in [2.24, 2.45) is 0 Å². The molecule has 2 heterocycles. The third-order valence-electron chi connectivity index (χ3n) is 6.08. The normalized spacial score (nSPS) is 15.3. The van der Waals surface area contributed by atoms with Gasteiger partial charge in [-0.3, -0.25) is 4.84 Å². The highest BCUT2D eigenvalue weighted by atomic mass is 16.7. The first-order chi connectivity index (χ1) is 17.2. The van der Waals surface area contributed by atoms with Gasteiger partial charge in [-0.2, -0.15) is 10.2 Å². The molecule has 4 rings (SSSR count). The monoisotopic (exact) mass is 472 g/mol. The van der Waals surface area contributed by atoms with Crippen LogP contribution in [0.5, 0.6) is 5.75 Å². The van der Waals surface area contributed by atoms with Crippen LogP contribution in [0.3, 0.4) is 0 Å². The van der Waals surface area contributed by atoms with E-state index < -0.39 is 0 Å². The molecular weight excluding hydrogens is 440 g/mol. The fourth-order valence-corrected chi connectivity index (χ4v) is 4.12. The zero-order valence-electron chi connectivity index (χ0n) is 20.4. The summed E-state index contributed by atoms with van der Waals surface area (Å²) >= 11 is 0. The van der Waals surface area contributed by atoms with Gasteiger partial charge in [0.15, 0.2) is 5.82 Å². The number of hydrogen-bond acceptors (Lipinski definition) is 8. The summed E-state index contributed by atoms with van der Waals surface area (Å²) in [6.07, 6.45) is 3.34. The third-order valence-corrected chi connectivity index (χ3v) is 6.08. The maximum Gasteiger partial charge on any atom is 0.229 e. The molecule has 1 aliphatic rings. The molecule has 0 aliphatic carbocycles. The highest BCUT2D eigenvalue weighted by Crippen LogP contribution is 2.35. The van der Waals surface area contributed by atoms with E-state index >= 15 is 0 Å². The number of nitrogens with one attached hydrogen (secondary N) is 1. The zero-order chi connectivity index (χ0) is 24.5. The lowest BCUT2D eigenvalue weighted by Gasteiger charge is -2.24. The predicted octanol–water partition coefficient (Wildman–Crippen LogP) is 5.09. The Hall–Kier alpha value is -3.67. The molecule has 182 valence electrons. The van der Waals surface area contributed by atoms with Crippen LogP contribution in [0.2, 0.25) is 0 Å². The second-order valence-electron chi connectivity index (χ2n) is 8.30. The second kappa shape index (κ2) is 12.2. The van der Waals surface area contributed by atoms with E-state index in [4.69, 9.17) is 9.57 Å². The van der Waals surface area contributed by atoms with Crippen molar-refractivity contribution in [3.05, 3.63) is 71.9 Å². The summed E-state index contributed by atoms with van der Waals surface area (Å²) in [7, 11) is 0. The Morgan fingerprint density at radius 3 is 2.63 bits per heavy atom. The standard InChI is InChI=1S/C27H32N6O2/c1-3-32(4-2)16-8-17-34-24-13-11-23(12-14-24)30-27-29-20-22(19-28)26(31-27)33-25(15-18-35-33)21-9-6-5-7-10-21/h5-7,9-14,20,25H,3-4,8,15-18H2,1-2H3,(H,29,30,31)/t25-/m0/s1. The smallest absolute Gasteiger partial charge is 0.229 e. The van der Waals surface area contributed by atoms with Crippen LogP contribution in [0, 0.1) is 11.3 Å². The highest BCUT2D eigenvalue weighted by Gasteiger charge is 2.31. The SMILES string of the molecule is CCN(CC)CCCOc1ccc(Nc2ncc(C#N)c(N3OCC[C@H]3c3ccccc3)n2)cc1. The minimum absolute atomic E-state index is 0.00999. The van der Waals surface area contributed by atoms with Gasteiger partial charge < -0.3 is 15.0 Å². The van der Waals surface area contributed by atoms with E-state index in [1.165, 1.54) is 6.20 Å². The molecule has 0 radical (unpaired) electrons. The first-order valence-corrected chi connectivity index (χ1v) is 12.2. The quantitative estimate of drug-likeness (QED) is 0.387. The molecule has 1 aliphatic heterocycles. The summed E-state index contributed by atoms with van der Waals surface area (Å²) in [5.41, 5.74) is 2.32. The average Bonchev–Trinajstić information content (AvgIpc) is 3.40. The Bertz CT molecular complexity index is 1110. The molecular formula is C27H32N6O2. The Labute approximate surface area is 207 Å². The van der Waals surface area contributed by atoms with Gasteiger partial charge in [-0.05, 0) is 49.3 Å². The lowest BCUT2D eigenvalue weighted by Crippen LogP contribution is -2.25. The number of anilines is 3. The summed E-state index contributed by atoms with van der Waals surface area (Å²) in [5, 5.41) is 14.6. The molecule has 0 saturated carbocycles. The van der Waals surface area contributed by atoms with Crippen LogP contribution >= 0.6 is 0 Å². The maximum atomic E-state index is 9.64. The number of hydroxylamine groups is 1. The summed E-state index contributed by atoms with van der Waals surface area (Å²) < 4.78 is 5.88. The maximum absolute atomic E-state index is 9.64. The Balaban J connectivity index is 1.41. The van der Waals surface area contributed by atoms with Gasteiger partial charge in [0.1, 0.15) is 17.4 Å². The zero-order valence-corrected chi connectivity index (χ0v) is 20.4. The van der Waals surface area contributed by atoms with Crippen LogP contribution in [0.4, 0.5) is 17.5 Å². The molecule has 0 unspecified atom stereocenters. The number of ether oxygens (including phenoxy) is 1. The summed E-state index contributed by atoms with van der Waals surface area (Å²) in [6, 6.07) is 20.0. The largest absolute Gasteiger partial charge is 0.494 e. The van der Waals surface area contributed by atoms with Crippen LogP contribution in [0.15, 0.2) is 60.8 Å². The van der Waals surface area contributed by atoms with Gasteiger partial charge in [0.2, 0.25) is 5.95 Å². The van der Waals surface area contributed by atoms with E-state index in [9.17, 15) is 5.26 Å². The van der Waals surface area contributed by atoms with Crippen molar-refractivity contribution in [1.82, 2.24) is 14.9 Å². The topological polar surface area (TPSA) is 86.5 Å². The summed E-state index contributed by atoms with van der Waals surface area (Å²) in [5.74, 6) is 1.69. The molecule has 35 heavy (non-hydrogen) atoms. The van der Waals surface area contributed by atoms with Crippen molar-refractivity contribution in [3.63, 3.8) is 0 Å². The average molecular weight is 473 g/mol. The lowest BCUT2D eigenvalue weighted by atomic mass is 10.0. The number of nitrogens with zero attached hydrogens (tertiary/aromatic N) is 5. The first-order valence-electron chi connectivity index (χ1n) is 12.2. The molecule has 3 aromatic rings. The molecule has 1 saturated heterocycles. The van der Waals surface area contributed by atoms with Crippen LogP contribution in [0.1, 0.15) is 43.9 Å². The minimum atomic E-state index is -0.00999. The molecule has 1 aromatic heterocycles. The molecule has 1 N–H and O–H groups in total. The summed E-state index contributed by atoms with van der Waals surface area (Å²) in [6.45, 7) is 8.76. The molecule has 2 aromatic carbocycles. The summed E-state index contributed by atoms with van der Waals surface area (Å²) in [4.78, 5) is 17.2. The number of benzene rings is 2. The van der Waals surface area contributed by atoms with Gasteiger partial charge in [-0.1, -0.05) is 44.2 Å². The second-order valence-corrected chi connectivity index (χ2v) is 8.30. The van der Waals surface area contributed by atoms with E-state index in [1.807, 2.05) is 42.5 Å². The van der Waals surface area contributed by atoms with Crippen LogP contribution in [-0.2, 0) is 4.84 Å². The number of hydrogen-bond donors (Lipinski definition) is 1. The number of aromatic nitrogens is 2. The van der Waals surface area contributed by atoms with E-state index in [0.717, 1.165) is 49.5 Å². The van der Waals surface area contributed by atoms with E-state index in [1.54, 1.807) is 5.06 Å². The van der Waals surface area contributed by atoms with Crippen molar-refractivity contribution in [3.8, 4) is 11.8 Å². The fraction of sp³-hybridized carbons (Fsp3) is 0.370. The predicted molar refractivity (Wildman–Crippen MR) is 137 cm³/mol. The minimum Gasteiger partial charge on any atom is -0.494 e. The van der Waals surface area contributed by atoms with Gasteiger partial charge >= 0.3 is 0 Å². The van der Waals surface area contributed by atoms with Gasteiger partial charge in [0.25, 0.3) is 0 Å². The molecule has 1 fully saturated rings. The third kappa shape index (κ3) is 6.27. The Morgan fingerprint density at radius 1 is 1.14 bits per heavy atom. The molecule has 0 spiro atoms. The molecule has 8 heteroatoms. The van der Waals surface area contributed by atoms with E-state index in [-0.39, 0.29) is 6.04 Å². The molecule has 0 amide bonds. The van der Waals surface area contributed by atoms with Gasteiger partial charge in [-0.15, -0.1) is 0 Å². The first kappa shape index (κ1) is 24.5. The van der Waals surface area contributed by atoms with Gasteiger partial charge in [-0.25, -0.2) is 10.0 Å². The lowest BCUT2D eigenvalue weighted by molar-refractivity contribution is 0.156. The fourth-order valence-electron chi connectivity index (χ4n) is 4.12. The molecule has 0 bridgehead atoms. The van der Waals surface area contributed by atoms with Crippen molar-refractivity contribution in [2.75, 3.05) is 43.2 Å². The van der Waals surface area contributed by atoms with Gasteiger partial charge in [0, 0.05) is 18.7 Å². The number of rotatable bonds is 11. The van der Waals surface area contributed by atoms with E-state index in [2.05, 4.69) is 52.2 Å². The van der Waals surface area contributed by atoms with E-state index in [0.29, 0.717) is 30.5 Å². The highest BCUT2D eigenvalue weighted by molar-refractivity contribution is 5.60. The van der Waals surface area contributed by atoms with Crippen molar-refractivity contribution in [1.29, 1.82) is 5.26 Å². The Morgan fingerprint density at radius 2 is 1.91 bits per heavy atom. The van der Waals surface area contributed by atoms with Gasteiger partial charge in [0.05, 0.1) is 25.5 Å². The Kier molecular flexibility index (Phi) is 8.49. The van der Waals surface area contributed by atoms with Crippen LogP contribution in [0.25, 0.3) is 0 Å². The van der Waals surface area contributed by atoms with Crippen LogP contribution in [-0.4, -0.2) is 47.7 Å². The number of nitriles is 1. The molecule has 1 atom stereocenters. The van der Waals surface area contributed by atoms with Crippen molar-refractivity contribution >= 4 is 17.5 Å².